The van der Waals surface area contributed by atoms with Crippen molar-refractivity contribution in [2.24, 2.45) is 4.99 Å². The highest BCUT2D eigenvalue weighted by molar-refractivity contribution is 7.16. The van der Waals surface area contributed by atoms with Crippen LogP contribution >= 0.6 is 11.3 Å². The molecule has 0 bridgehead atoms. The molecule has 53 heavy (non-hydrogen) atoms. The van der Waals surface area contributed by atoms with E-state index in [-0.39, 0.29) is 29.4 Å². The lowest BCUT2D eigenvalue weighted by Crippen LogP contribution is -2.38. The second kappa shape index (κ2) is 13.9. The minimum absolute atomic E-state index is 0.0659. The van der Waals surface area contributed by atoms with Crippen LogP contribution in [0.2, 0.25) is 0 Å². The molecule has 6 heterocycles. The van der Waals surface area contributed by atoms with Gasteiger partial charge in [-0.1, -0.05) is 11.2 Å². The van der Waals surface area contributed by atoms with Crippen molar-refractivity contribution in [3.63, 3.8) is 0 Å². The van der Waals surface area contributed by atoms with Crippen LogP contribution in [0.4, 0.5) is 16.5 Å². The minimum atomic E-state index is -0.478. The number of likely N-dealkylation sites (N-methyl/N-ethyl adjacent to an activating group) is 1. The first-order chi connectivity index (χ1) is 25.7. The molecule has 2 aliphatic carbocycles. The lowest BCUT2D eigenvalue weighted by molar-refractivity contribution is 0.117. The van der Waals surface area contributed by atoms with Crippen molar-refractivity contribution in [1.82, 2.24) is 29.6 Å². The van der Waals surface area contributed by atoms with E-state index in [4.69, 9.17) is 35.7 Å². The Morgan fingerprint density at radius 1 is 1.17 bits per heavy atom. The fraction of sp³-hybridized carbons (Fsp3) is 0.410. The predicted molar refractivity (Wildman–Crippen MR) is 204 cm³/mol. The van der Waals surface area contributed by atoms with Crippen molar-refractivity contribution >= 4 is 34.1 Å². The molecule has 14 heteroatoms. The van der Waals surface area contributed by atoms with Crippen LogP contribution in [0.5, 0.6) is 5.88 Å². The van der Waals surface area contributed by atoms with E-state index in [0.717, 1.165) is 85.4 Å². The Kier molecular flexibility index (Phi) is 9.08. The van der Waals surface area contributed by atoms with Crippen molar-refractivity contribution in [3.05, 3.63) is 91.7 Å². The van der Waals surface area contributed by atoms with Crippen LogP contribution in [-0.4, -0.2) is 61.5 Å². The van der Waals surface area contributed by atoms with Crippen LogP contribution in [0, 0.1) is 11.3 Å². The number of nitrogens with zero attached hydrogens (tertiary/aromatic N) is 8. The Morgan fingerprint density at radius 3 is 2.75 bits per heavy atom. The average Bonchev–Trinajstić information content (AvgIpc) is 3.89. The summed E-state index contributed by atoms with van der Waals surface area (Å²) in [6.07, 6.45) is 12.1. The first-order valence-electron chi connectivity index (χ1n) is 18.2. The number of anilines is 2. The van der Waals surface area contributed by atoms with Crippen LogP contribution < -0.4 is 21.8 Å². The summed E-state index contributed by atoms with van der Waals surface area (Å²) in [5, 5.41) is 15.3. The van der Waals surface area contributed by atoms with Crippen molar-refractivity contribution in [3.8, 4) is 23.5 Å². The van der Waals surface area contributed by atoms with Gasteiger partial charge in [0.1, 0.15) is 22.9 Å². The van der Waals surface area contributed by atoms with E-state index >= 15 is 0 Å². The highest BCUT2D eigenvalue weighted by Gasteiger charge is 2.49. The zero-order valence-corrected chi connectivity index (χ0v) is 30.9. The fourth-order valence-corrected chi connectivity index (χ4v) is 9.72. The Hall–Kier alpha value is -5.39. The molecule has 0 radical (unpaired) electrons. The van der Waals surface area contributed by atoms with Gasteiger partial charge in [0, 0.05) is 46.7 Å². The van der Waals surface area contributed by atoms with Crippen LogP contribution in [0.15, 0.2) is 57.0 Å². The Morgan fingerprint density at radius 2 is 2.00 bits per heavy atom. The van der Waals surface area contributed by atoms with E-state index in [1.165, 1.54) is 17.6 Å². The molecule has 3 aliphatic rings. The lowest BCUT2D eigenvalue weighted by Gasteiger charge is -2.39. The fourth-order valence-electron chi connectivity index (χ4n) is 8.56. The molecule has 1 saturated heterocycles. The number of nitrogen functional groups attached to an aromatic ring is 2. The van der Waals surface area contributed by atoms with E-state index < -0.39 is 5.41 Å². The number of aromatic nitrogens is 5. The molecule has 5 aromatic heterocycles. The third-order valence-corrected chi connectivity index (χ3v) is 12.3. The van der Waals surface area contributed by atoms with Crippen LogP contribution in [0.1, 0.15) is 97.0 Å². The summed E-state index contributed by atoms with van der Waals surface area (Å²) in [4.78, 5) is 35.7. The van der Waals surface area contributed by atoms with Crippen molar-refractivity contribution in [2.75, 3.05) is 25.1 Å². The molecule has 0 unspecified atom stereocenters. The summed E-state index contributed by atoms with van der Waals surface area (Å²) in [5.74, 6) is 1.78. The van der Waals surface area contributed by atoms with Crippen molar-refractivity contribution in [2.45, 2.75) is 88.8 Å². The van der Waals surface area contributed by atoms with Gasteiger partial charge in [0.05, 0.1) is 22.7 Å². The standard InChI is InChI=1S/C39H42N10O3S/c1-22(27-10-4-5-16-43-27)49-18-13-24(33(41)38(49)50)21-44-30-19-31(51-23(2)28-11-8-17-48(28)3)46-37(45-30)34-25-9-6-14-39(35(25)52-47-34)15-7-12-29-32(39)26(20-40)36(42)53-29/h4-5,10,13,16,18-19,21-23,28H,6-9,11-12,14-15,17,41-42H2,1-3H3/t22-,23-,28-,39-/m0/s1. The minimum Gasteiger partial charge on any atom is -0.473 e. The summed E-state index contributed by atoms with van der Waals surface area (Å²) in [7, 11) is 2.11. The molecule has 1 spiro atoms. The summed E-state index contributed by atoms with van der Waals surface area (Å²) in [6, 6.07) is 11.4. The molecule has 1 aliphatic heterocycles. The van der Waals surface area contributed by atoms with Gasteiger partial charge in [-0.25, -0.2) is 9.98 Å². The van der Waals surface area contributed by atoms with Gasteiger partial charge in [0.2, 0.25) is 5.88 Å². The maximum Gasteiger partial charge on any atom is 0.274 e. The molecule has 272 valence electrons. The number of ether oxygens (including phenoxy) is 1. The molecule has 8 rings (SSSR count). The zero-order chi connectivity index (χ0) is 36.9. The monoisotopic (exact) mass is 730 g/mol. The summed E-state index contributed by atoms with van der Waals surface area (Å²) < 4.78 is 14.3. The van der Waals surface area contributed by atoms with Gasteiger partial charge in [-0.2, -0.15) is 10.2 Å². The highest BCUT2D eigenvalue weighted by Crippen LogP contribution is 2.55. The molecule has 5 aromatic rings. The topological polar surface area (TPSA) is 187 Å². The van der Waals surface area contributed by atoms with Gasteiger partial charge >= 0.3 is 0 Å². The predicted octanol–water partition coefficient (Wildman–Crippen LogP) is 5.97. The first-order valence-corrected chi connectivity index (χ1v) is 19.0. The third-order valence-electron chi connectivity index (χ3n) is 11.2. The highest BCUT2D eigenvalue weighted by atomic mass is 32.1. The molecule has 1 fully saturated rings. The van der Waals surface area contributed by atoms with Crippen LogP contribution in [-0.2, 0) is 18.3 Å². The van der Waals surface area contributed by atoms with Crippen LogP contribution in [0.3, 0.4) is 0 Å². The number of aryl methyl sites for hydroxylation is 1. The van der Waals surface area contributed by atoms with Gasteiger partial charge < -0.3 is 25.3 Å². The van der Waals surface area contributed by atoms with Gasteiger partial charge in [-0.05, 0) is 103 Å². The maximum atomic E-state index is 13.4. The molecule has 4 atom stereocenters. The van der Waals surface area contributed by atoms with E-state index in [0.29, 0.717) is 39.3 Å². The van der Waals surface area contributed by atoms with E-state index in [1.54, 1.807) is 29.1 Å². The Balaban J connectivity index is 1.18. The van der Waals surface area contributed by atoms with Gasteiger partial charge in [0.25, 0.3) is 5.56 Å². The number of aliphatic imine (C=N–C) groups is 1. The van der Waals surface area contributed by atoms with E-state index in [2.05, 4.69) is 35.1 Å². The third kappa shape index (κ3) is 6.07. The number of hydrogen-bond donors (Lipinski definition) is 2. The summed E-state index contributed by atoms with van der Waals surface area (Å²) in [5.41, 5.74) is 16.3. The van der Waals surface area contributed by atoms with Gasteiger partial charge in [-0.15, -0.1) is 11.3 Å². The molecule has 0 amide bonds. The number of likely N-dealkylation sites (tertiary alicyclic amines) is 1. The second-order valence-electron chi connectivity index (χ2n) is 14.4. The largest absolute Gasteiger partial charge is 0.473 e. The number of fused-ring (bicyclic) bond motifs is 4. The number of nitriles is 1. The number of hydrogen-bond acceptors (Lipinski definition) is 13. The van der Waals surface area contributed by atoms with Crippen molar-refractivity contribution in [1.29, 1.82) is 5.26 Å². The molecule has 0 aromatic carbocycles. The number of rotatable bonds is 8. The van der Waals surface area contributed by atoms with E-state index in [9.17, 15) is 10.1 Å². The second-order valence-corrected chi connectivity index (χ2v) is 15.5. The van der Waals surface area contributed by atoms with Crippen LogP contribution in [0.25, 0.3) is 11.5 Å². The quantitative estimate of drug-likeness (QED) is 0.179. The van der Waals surface area contributed by atoms with Crippen molar-refractivity contribution < 1.29 is 9.26 Å². The molecule has 0 saturated carbocycles. The molecular formula is C39H42N10O3S. The Bertz CT molecular complexity index is 2300. The smallest absolute Gasteiger partial charge is 0.274 e. The maximum absolute atomic E-state index is 13.4. The molecule has 13 nitrogen and oxygen atoms in total. The normalized spacial score (nSPS) is 21.0. The number of nitrogens with two attached hydrogens (primary N) is 2. The summed E-state index contributed by atoms with van der Waals surface area (Å²) >= 11 is 1.51. The van der Waals surface area contributed by atoms with Gasteiger partial charge in [0.15, 0.2) is 23.1 Å². The summed E-state index contributed by atoms with van der Waals surface area (Å²) in [6.45, 7) is 4.98. The SMILES string of the molecule is C[C@H](Oc1cc(N=Cc2ccn([C@@H](C)c3ccccn3)c(=O)c2N)nc(-c2noc3c2CCC[C@@]32CCCc3sc(N)c(C#N)c32)n1)[C@@H]1CCCN1C. The lowest BCUT2D eigenvalue weighted by atomic mass is 9.63. The average molecular weight is 731 g/mol. The Labute approximate surface area is 311 Å². The molecular weight excluding hydrogens is 689 g/mol. The van der Waals surface area contributed by atoms with Gasteiger partial charge in [-0.3, -0.25) is 14.7 Å². The zero-order valence-electron chi connectivity index (χ0n) is 30.1. The van der Waals surface area contributed by atoms with E-state index in [1.807, 2.05) is 25.1 Å². The number of thiophene rings is 1. The first kappa shape index (κ1) is 34.7. The number of pyridine rings is 2. The molecule has 4 N–H and O–H groups in total.